The highest BCUT2D eigenvalue weighted by molar-refractivity contribution is 7.52. The van der Waals surface area contributed by atoms with E-state index in [9.17, 15) is 9.46 Å². The van der Waals surface area contributed by atoms with E-state index in [1.807, 2.05) is 13.8 Å². The average molecular weight is 231 g/mol. The molecule has 0 aliphatic carbocycles. The average Bonchev–Trinajstić information content (AvgIpc) is 2.01. The molecule has 0 aliphatic heterocycles. The Bertz CT molecular complexity index is 152. The molecule has 13 heavy (non-hydrogen) atoms. The van der Waals surface area contributed by atoms with Crippen LogP contribution in [0.5, 0.6) is 0 Å². The summed E-state index contributed by atoms with van der Waals surface area (Å²) in [6.07, 6.45) is 3.85. The summed E-state index contributed by atoms with van der Waals surface area (Å²) in [6.45, 7) is 4.43. The van der Waals surface area contributed by atoms with Crippen molar-refractivity contribution in [3.8, 4) is 0 Å². The monoisotopic (exact) mass is 230 g/mol. The molecule has 0 rings (SSSR count). The molecule has 1 N–H and O–H groups in total. The van der Waals surface area contributed by atoms with Crippen LogP contribution in [0.2, 0.25) is 0 Å². The topological polar surface area (TPSA) is 46.5 Å². The van der Waals surface area contributed by atoms with Gasteiger partial charge >= 0.3 is 7.60 Å². The Labute approximate surface area is 86.8 Å². The molecule has 0 spiro atoms. The molecule has 82 valence electrons. The highest BCUT2D eigenvalue weighted by Crippen LogP contribution is 2.42. The predicted octanol–water partition coefficient (Wildman–Crippen LogP) is 3.21. The minimum absolute atomic E-state index is 0. The van der Waals surface area contributed by atoms with Crippen molar-refractivity contribution in [1.82, 2.24) is 0 Å². The predicted molar refractivity (Wildman–Crippen MR) is 57.7 cm³/mol. The Kier molecular flexibility index (Phi) is 11.0. The van der Waals surface area contributed by atoms with Crippen molar-refractivity contribution >= 4 is 20.0 Å². The quantitative estimate of drug-likeness (QED) is 0.540. The third-order valence-electron chi connectivity index (χ3n) is 1.59. The maximum atomic E-state index is 11.2. The Morgan fingerprint density at radius 2 is 1.77 bits per heavy atom. The van der Waals surface area contributed by atoms with Crippen LogP contribution in [0, 0.1) is 0 Å². The molecule has 0 aromatic rings. The first-order chi connectivity index (χ1) is 5.62. The van der Waals surface area contributed by atoms with Crippen LogP contribution in [0.1, 0.15) is 39.5 Å². The largest absolute Gasteiger partial charge is 0.328 e. The van der Waals surface area contributed by atoms with Gasteiger partial charge in [-0.2, -0.15) is 0 Å². The summed E-state index contributed by atoms with van der Waals surface area (Å²) >= 11 is 0. The van der Waals surface area contributed by atoms with Crippen molar-refractivity contribution in [2.24, 2.45) is 0 Å². The number of unbranched alkanes of at least 4 members (excludes halogenated alkanes) is 2. The van der Waals surface area contributed by atoms with Gasteiger partial charge in [-0.25, -0.2) is 0 Å². The molecule has 0 bridgehead atoms. The van der Waals surface area contributed by atoms with Gasteiger partial charge in [0.1, 0.15) is 0 Å². The molecule has 0 fully saturated rings. The van der Waals surface area contributed by atoms with Gasteiger partial charge in [0, 0.05) is 6.16 Å². The molecule has 1 unspecified atom stereocenters. The highest BCUT2D eigenvalue weighted by atomic mass is 35.5. The van der Waals surface area contributed by atoms with Crippen molar-refractivity contribution in [3.63, 3.8) is 0 Å². The third-order valence-corrected chi connectivity index (χ3v) is 3.05. The van der Waals surface area contributed by atoms with Crippen molar-refractivity contribution in [2.75, 3.05) is 12.8 Å². The smallest absolute Gasteiger partial charge is 0.324 e. The maximum Gasteiger partial charge on any atom is 0.328 e. The lowest BCUT2D eigenvalue weighted by molar-refractivity contribution is 0.254. The van der Waals surface area contributed by atoms with E-state index in [1.54, 1.807) is 0 Å². The number of rotatable bonds is 7. The van der Waals surface area contributed by atoms with Gasteiger partial charge in [0.05, 0.1) is 6.61 Å². The second-order valence-corrected chi connectivity index (χ2v) is 4.88. The van der Waals surface area contributed by atoms with Gasteiger partial charge in [0.2, 0.25) is 0 Å². The Morgan fingerprint density at radius 1 is 1.23 bits per heavy atom. The molecule has 5 heteroatoms. The van der Waals surface area contributed by atoms with Crippen LogP contribution in [-0.2, 0) is 9.09 Å². The van der Waals surface area contributed by atoms with E-state index >= 15 is 0 Å². The zero-order valence-electron chi connectivity index (χ0n) is 8.36. The number of hydrogen-bond donors (Lipinski definition) is 1. The van der Waals surface area contributed by atoms with Crippen molar-refractivity contribution in [2.45, 2.75) is 39.5 Å². The second kappa shape index (κ2) is 9.01. The Balaban J connectivity index is 0. The first-order valence-corrected chi connectivity index (χ1v) is 6.35. The molecule has 0 saturated heterocycles. The molecule has 0 aromatic heterocycles. The van der Waals surface area contributed by atoms with Crippen molar-refractivity contribution < 1.29 is 14.0 Å². The van der Waals surface area contributed by atoms with E-state index in [1.165, 1.54) is 0 Å². The third kappa shape index (κ3) is 10.4. The first-order valence-electron chi connectivity index (χ1n) is 4.58. The van der Waals surface area contributed by atoms with E-state index in [0.29, 0.717) is 12.8 Å². The lowest BCUT2D eigenvalue weighted by Crippen LogP contribution is -1.96. The van der Waals surface area contributed by atoms with Gasteiger partial charge in [-0.15, -0.1) is 12.4 Å². The molecular formula is C8H20ClO3P. The second-order valence-electron chi connectivity index (χ2n) is 2.90. The van der Waals surface area contributed by atoms with Crippen molar-refractivity contribution in [1.29, 1.82) is 0 Å². The molecule has 0 aromatic carbocycles. The lowest BCUT2D eigenvalue weighted by Gasteiger charge is -2.10. The standard InChI is InChI=1S/C8H19O3P.ClH/c1-3-5-7-11-12(9,10)8-6-4-2;/h3-8H2,1-2H3,(H,9,10);1H. The fraction of sp³-hybridized carbons (Fsp3) is 1.00. The van der Waals surface area contributed by atoms with Gasteiger partial charge in [-0.3, -0.25) is 4.57 Å². The van der Waals surface area contributed by atoms with E-state index in [-0.39, 0.29) is 12.4 Å². The molecule has 3 nitrogen and oxygen atoms in total. The molecule has 0 amide bonds. The fourth-order valence-electron chi connectivity index (χ4n) is 0.774. The van der Waals surface area contributed by atoms with E-state index in [0.717, 1.165) is 25.7 Å². The van der Waals surface area contributed by atoms with E-state index in [4.69, 9.17) is 4.52 Å². The first kappa shape index (κ1) is 15.9. The van der Waals surface area contributed by atoms with E-state index in [2.05, 4.69) is 0 Å². The number of hydrogen-bond acceptors (Lipinski definition) is 2. The van der Waals surface area contributed by atoms with Crippen LogP contribution in [0.25, 0.3) is 0 Å². The Morgan fingerprint density at radius 3 is 2.23 bits per heavy atom. The van der Waals surface area contributed by atoms with Gasteiger partial charge in [0.15, 0.2) is 0 Å². The highest BCUT2D eigenvalue weighted by Gasteiger charge is 2.17. The molecule has 1 atom stereocenters. The van der Waals surface area contributed by atoms with Gasteiger partial charge in [-0.1, -0.05) is 26.7 Å². The summed E-state index contributed by atoms with van der Waals surface area (Å²) in [6, 6.07) is 0. The summed E-state index contributed by atoms with van der Waals surface area (Å²) in [4.78, 5) is 9.21. The Hall–Kier alpha value is 0.440. The van der Waals surface area contributed by atoms with Crippen molar-refractivity contribution in [3.05, 3.63) is 0 Å². The zero-order chi connectivity index (χ0) is 9.45. The zero-order valence-corrected chi connectivity index (χ0v) is 10.1. The van der Waals surface area contributed by atoms with Gasteiger partial charge < -0.3 is 9.42 Å². The summed E-state index contributed by atoms with van der Waals surface area (Å²) in [5.74, 6) is 0. The molecule has 0 aliphatic rings. The lowest BCUT2D eigenvalue weighted by atomic mass is 10.4. The number of halogens is 1. The van der Waals surface area contributed by atoms with Gasteiger partial charge in [0.25, 0.3) is 0 Å². The maximum absolute atomic E-state index is 11.2. The van der Waals surface area contributed by atoms with Crippen LogP contribution in [0.15, 0.2) is 0 Å². The minimum Gasteiger partial charge on any atom is -0.324 e. The molecule has 0 saturated carbocycles. The van der Waals surface area contributed by atoms with E-state index < -0.39 is 7.60 Å². The summed E-state index contributed by atoms with van der Waals surface area (Å²) in [5, 5.41) is 0. The summed E-state index contributed by atoms with van der Waals surface area (Å²) in [7, 11) is -3.24. The minimum atomic E-state index is -3.24. The van der Waals surface area contributed by atoms with Crippen LogP contribution in [0.3, 0.4) is 0 Å². The van der Waals surface area contributed by atoms with Crippen LogP contribution in [-0.4, -0.2) is 17.7 Å². The molecular weight excluding hydrogens is 211 g/mol. The molecule has 0 heterocycles. The van der Waals surface area contributed by atoms with Crippen LogP contribution < -0.4 is 0 Å². The van der Waals surface area contributed by atoms with Gasteiger partial charge in [-0.05, 0) is 12.8 Å². The summed E-state index contributed by atoms with van der Waals surface area (Å²) < 4.78 is 16.1. The molecule has 0 radical (unpaired) electrons. The fourth-order valence-corrected chi connectivity index (χ4v) is 2.03. The van der Waals surface area contributed by atoms with Crippen LogP contribution in [0.4, 0.5) is 0 Å². The SMILES string of the molecule is CCCCOP(=O)(O)CCCC.Cl. The van der Waals surface area contributed by atoms with Crippen LogP contribution >= 0.6 is 20.0 Å². The normalized spacial score (nSPS) is 14.7. The summed E-state index contributed by atoms with van der Waals surface area (Å²) in [5.41, 5.74) is 0.